The van der Waals surface area contributed by atoms with Crippen LogP contribution in [0.15, 0.2) is 83.6 Å². The number of aromatic hydroxyl groups is 2. The Morgan fingerprint density at radius 3 is 1.36 bits per heavy atom. The quantitative estimate of drug-likeness (QED) is 0.0213. The number of hydrogen-bond donors (Lipinski definition) is 9. The van der Waals surface area contributed by atoms with Crippen molar-refractivity contribution in [1.82, 2.24) is 41.2 Å². The lowest BCUT2D eigenvalue weighted by Gasteiger charge is -2.22. The molecule has 0 aliphatic heterocycles. The van der Waals surface area contributed by atoms with E-state index in [1.165, 1.54) is 22.7 Å². The molecule has 2 atom stereocenters. The van der Waals surface area contributed by atoms with Crippen LogP contribution in [0.3, 0.4) is 0 Å². The zero-order chi connectivity index (χ0) is 54.4. The normalized spacial score (nSPS) is 11.6. The number of rotatable bonds is 25. The Labute approximate surface area is 443 Å². The topological polar surface area (TPSA) is 296 Å². The van der Waals surface area contributed by atoms with Crippen LogP contribution in [0.5, 0.6) is 11.5 Å². The first-order valence-electron chi connectivity index (χ1n) is 24.4. The first kappa shape index (κ1) is 57.9. The Kier molecular flexibility index (Phi) is 22.4. The summed E-state index contributed by atoms with van der Waals surface area (Å²) >= 11 is 2.52. The minimum atomic E-state index is -1.32. The van der Waals surface area contributed by atoms with Gasteiger partial charge in [-0.15, -0.1) is 22.7 Å². The van der Waals surface area contributed by atoms with Crippen LogP contribution in [0.4, 0.5) is 11.9 Å². The molecule has 0 saturated heterocycles. The number of aliphatic carboxylic acids is 1. The van der Waals surface area contributed by atoms with Crippen LogP contribution in [-0.4, -0.2) is 115 Å². The van der Waals surface area contributed by atoms with E-state index in [0.29, 0.717) is 70.4 Å². The van der Waals surface area contributed by atoms with Gasteiger partial charge in [-0.3, -0.25) is 19.2 Å². The third kappa shape index (κ3) is 18.2. The molecule has 9 N–H and O–H groups in total. The van der Waals surface area contributed by atoms with Gasteiger partial charge in [-0.1, -0.05) is 50.2 Å². The maximum Gasteiger partial charge on any atom is 0.330 e. The van der Waals surface area contributed by atoms with Gasteiger partial charge in [0.05, 0.1) is 43.7 Å². The molecule has 0 aliphatic carbocycles. The van der Waals surface area contributed by atoms with Crippen molar-refractivity contribution < 1.29 is 48.8 Å². The molecule has 0 spiro atoms. The molecule has 22 heteroatoms. The van der Waals surface area contributed by atoms with Crippen LogP contribution in [0.1, 0.15) is 113 Å². The van der Waals surface area contributed by atoms with E-state index in [0.717, 1.165) is 36.8 Å². The number of anilines is 2. The van der Waals surface area contributed by atoms with E-state index in [2.05, 4.69) is 51.8 Å². The molecule has 75 heavy (non-hydrogen) atoms. The Hall–Kier alpha value is -7.98. The van der Waals surface area contributed by atoms with Crippen molar-refractivity contribution in [2.75, 3.05) is 36.8 Å². The highest BCUT2D eigenvalue weighted by atomic mass is 32.1. The smallest absolute Gasteiger partial charge is 0.330 e. The number of nitrogens with zero attached hydrogens (tertiary/aromatic N) is 4. The number of aryl methyl sites for hydroxylation is 6. The van der Waals surface area contributed by atoms with Crippen molar-refractivity contribution in [2.45, 2.75) is 98.3 Å². The van der Waals surface area contributed by atoms with E-state index in [9.17, 15) is 44.1 Å². The lowest BCUT2D eigenvalue weighted by atomic mass is 10.1. The van der Waals surface area contributed by atoms with Crippen LogP contribution in [0.2, 0.25) is 0 Å². The van der Waals surface area contributed by atoms with Crippen molar-refractivity contribution in [3.05, 3.63) is 138 Å². The van der Waals surface area contributed by atoms with Crippen molar-refractivity contribution in [3.63, 3.8) is 0 Å². The minimum absolute atomic E-state index is 0.126. The van der Waals surface area contributed by atoms with Gasteiger partial charge in [0.2, 0.25) is 11.9 Å². The molecule has 0 fully saturated rings. The number of thiophene rings is 2. The zero-order valence-electron chi connectivity index (χ0n) is 42.7. The van der Waals surface area contributed by atoms with Gasteiger partial charge in [0.25, 0.3) is 23.6 Å². The molecular weight excluding hydrogens is 1000 g/mol. The van der Waals surface area contributed by atoms with E-state index in [1.807, 2.05) is 32.0 Å². The number of carboxylic acids is 1. The lowest BCUT2D eigenvalue weighted by molar-refractivity contribution is -0.151. The Morgan fingerprint density at radius 1 is 0.573 bits per heavy atom. The highest BCUT2D eigenvalue weighted by Crippen LogP contribution is 2.18. The fourth-order valence-corrected chi connectivity index (χ4v) is 8.87. The summed E-state index contributed by atoms with van der Waals surface area (Å²) in [5.41, 5.74) is 4.21. The van der Waals surface area contributed by atoms with Gasteiger partial charge < -0.3 is 52.0 Å². The summed E-state index contributed by atoms with van der Waals surface area (Å²) < 4.78 is 5.59. The fraction of sp³-hybridized carbons (Fsp3) is 0.358. The second-order valence-electron chi connectivity index (χ2n) is 17.2. The molecule has 4 aromatic heterocycles. The minimum Gasteiger partial charge on any atom is -0.508 e. The number of carbonyl (C=O) groups is 6. The molecule has 0 saturated carbocycles. The van der Waals surface area contributed by atoms with Crippen molar-refractivity contribution in [3.8, 4) is 11.5 Å². The number of carboxylic acid groups (broad SMARTS) is 1. The number of aromatic nitrogens is 4. The summed E-state index contributed by atoms with van der Waals surface area (Å²) in [5.74, 6) is -2.55. The van der Waals surface area contributed by atoms with Crippen molar-refractivity contribution >= 4 is 70.1 Å². The van der Waals surface area contributed by atoms with Crippen LogP contribution in [-0.2, 0) is 27.2 Å². The maximum atomic E-state index is 13.3. The third-order valence-electron chi connectivity index (χ3n) is 11.5. The van der Waals surface area contributed by atoms with Gasteiger partial charge in [-0.2, -0.15) is 0 Å². The second-order valence-corrected chi connectivity index (χ2v) is 19.1. The standard InChI is InChI=1S/C29H37N5O5S.C24H27N5O5S/c1-5-22(6-2)39-28(38)23(17-31-26(36)24-13-9-15-40-24)34-27(37)25-18(3)32-29(33-19(25)4)30-14-8-11-20-10-7-12-21(35)16-20;1-14-20(22(32)29-18(23(33)34)13-26-21(31)19-9-5-11-35-19)15(2)28-24(27-14)25-10-4-7-16-6-3-8-17(30)12-16/h7,9-10,12-13,15-16,22-23,35H,5-6,8,11,14,17H2,1-4H3,(H,31,36)(H,34,37)(H,30,32,33);3,5-6,8-9,11-12,18,30H,4,7,10,13H2,1-2H3,(H,26,31)(H,29,32)(H,33,34)(H,25,27,28)/t23-;18-/m00/s1. The van der Waals surface area contributed by atoms with E-state index < -0.39 is 41.7 Å². The number of carbonyl (C=O) groups excluding carboxylic acids is 5. The first-order valence-corrected chi connectivity index (χ1v) is 26.1. The van der Waals surface area contributed by atoms with E-state index >= 15 is 0 Å². The first-order chi connectivity index (χ1) is 36.0. The van der Waals surface area contributed by atoms with Gasteiger partial charge in [-0.25, -0.2) is 29.5 Å². The van der Waals surface area contributed by atoms with Crippen molar-refractivity contribution in [2.24, 2.45) is 0 Å². The van der Waals surface area contributed by atoms with Crippen LogP contribution >= 0.6 is 22.7 Å². The van der Waals surface area contributed by atoms with Gasteiger partial charge >= 0.3 is 11.9 Å². The van der Waals surface area contributed by atoms with Gasteiger partial charge in [-0.05, 0) is 125 Å². The molecule has 4 heterocycles. The second kappa shape index (κ2) is 29.0. The maximum absolute atomic E-state index is 13.3. The number of nitrogens with one attached hydrogen (secondary N) is 6. The van der Waals surface area contributed by atoms with E-state index in [4.69, 9.17) is 4.74 Å². The summed E-state index contributed by atoms with van der Waals surface area (Å²) in [6, 6.07) is 18.6. The molecule has 0 bridgehead atoms. The number of phenolic OH excluding ortho intramolecular Hbond substituents is 2. The number of esters is 1. The molecule has 0 radical (unpaired) electrons. The molecule has 6 rings (SSSR count). The number of amides is 4. The summed E-state index contributed by atoms with van der Waals surface area (Å²) in [6.07, 6.45) is 4.11. The predicted octanol–water partition coefficient (Wildman–Crippen LogP) is 6.68. The molecule has 2 aromatic carbocycles. The summed E-state index contributed by atoms with van der Waals surface area (Å²) in [4.78, 5) is 93.8. The molecular formula is C53H64N10O10S2. The van der Waals surface area contributed by atoms with E-state index in [1.54, 1.807) is 93.1 Å². The Bertz CT molecular complexity index is 2830. The van der Waals surface area contributed by atoms with E-state index in [-0.39, 0.29) is 47.7 Å². The Morgan fingerprint density at radius 2 is 0.987 bits per heavy atom. The number of benzene rings is 2. The van der Waals surface area contributed by atoms with Crippen LogP contribution in [0.25, 0.3) is 0 Å². The number of phenols is 2. The molecule has 398 valence electrons. The van der Waals surface area contributed by atoms with Crippen LogP contribution < -0.4 is 31.9 Å². The predicted molar refractivity (Wildman–Crippen MR) is 287 cm³/mol. The molecule has 0 unspecified atom stereocenters. The van der Waals surface area contributed by atoms with Gasteiger partial charge in [0, 0.05) is 26.2 Å². The van der Waals surface area contributed by atoms with Gasteiger partial charge in [0.1, 0.15) is 29.7 Å². The SMILES string of the molecule is CCC(CC)OC(=O)[C@H](CNC(=O)c1cccs1)NC(=O)c1c(C)nc(NCCCc2cccc(O)c2)nc1C.Cc1nc(NCCCc2cccc(O)c2)nc(C)c1C(=O)N[C@@H](CNC(=O)c1cccs1)C(=O)O. The molecule has 6 aromatic rings. The Balaban J connectivity index is 0.000000280. The average molecular weight is 1070 g/mol. The fourth-order valence-electron chi connectivity index (χ4n) is 7.59. The monoisotopic (exact) mass is 1060 g/mol. The number of hydrogen-bond acceptors (Lipinski definition) is 17. The summed E-state index contributed by atoms with van der Waals surface area (Å²) in [7, 11) is 0. The molecule has 20 nitrogen and oxygen atoms in total. The third-order valence-corrected chi connectivity index (χ3v) is 13.2. The highest BCUT2D eigenvalue weighted by Gasteiger charge is 2.29. The van der Waals surface area contributed by atoms with Crippen LogP contribution in [0, 0.1) is 27.7 Å². The largest absolute Gasteiger partial charge is 0.508 e. The van der Waals surface area contributed by atoms with Crippen molar-refractivity contribution in [1.29, 1.82) is 0 Å². The number of ether oxygens (including phenoxy) is 1. The van der Waals surface area contributed by atoms with Gasteiger partial charge in [0.15, 0.2) is 0 Å². The molecule has 0 aliphatic rings. The summed E-state index contributed by atoms with van der Waals surface area (Å²) in [5, 5.41) is 48.9. The average Bonchev–Trinajstić information content (AvgIpc) is 4.13. The molecule has 4 amide bonds. The highest BCUT2D eigenvalue weighted by molar-refractivity contribution is 7.12. The zero-order valence-corrected chi connectivity index (χ0v) is 44.3. The lowest BCUT2D eigenvalue weighted by Crippen LogP contribution is -2.50. The summed E-state index contributed by atoms with van der Waals surface area (Å²) in [6.45, 7) is 11.3.